The number of esters is 2. The summed E-state index contributed by atoms with van der Waals surface area (Å²) in [4.78, 5) is 40.3. The lowest BCUT2D eigenvalue weighted by molar-refractivity contribution is -0.168. The third-order valence-electron chi connectivity index (χ3n) is 4.31. The quantitative estimate of drug-likeness (QED) is 0.429. The molecule has 1 aliphatic rings. The van der Waals surface area contributed by atoms with Crippen LogP contribution in [0.3, 0.4) is 0 Å². The summed E-state index contributed by atoms with van der Waals surface area (Å²) >= 11 is 3.35. The fourth-order valence-corrected chi connectivity index (χ4v) is 3.46. The number of aromatic nitrogens is 1. The highest BCUT2D eigenvalue weighted by atomic mass is 79.9. The summed E-state index contributed by atoms with van der Waals surface area (Å²) < 4.78 is 15.6. The SMILES string of the molecule is CNC(=O)COc1nc(Br)c2c(c1C)CC(C(=O)OC)(C(=O)OC)C2. The number of nitrogens with one attached hydrogen (secondary N) is 1. The van der Waals surface area contributed by atoms with Crippen molar-refractivity contribution in [3.63, 3.8) is 0 Å². The molecule has 0 atom stereocenters. The van der Waals surface area contributed by atoms with Crippen LogP contribution in [-0.2, 0) is 36.7 Å². The van der Waals surface area contributed by atoms with Crippen molar-refractivity contribution >= 4 is 33.8 Å². The van der Waals surface area contributed by atoms with Gasteiger partial charge in [0.15, 0.2) is 12.0 Å². The molecule has 9 heteroatoms. The first kappa shape index (κ1) is 19.2. The molecule has 1 aliphatic carbocycles. The van der Waals surface area contributed by atoms with Crippen molar-refractivity contribution in [3.05, 3.63) is 21.3 Å². The number of ether oxygens (including phenoxy) is 3. The largest absolute Gasteiger partial charge is 0.468 e. The molecule has 1 aromatic rings. The molecule has 0 radical (unpaired) electrons. The topological polar surface area (TPSA) is 104 Å². The second-order valence-electron chi connectivity index (χ2n) is 5.67. The van der Waals surface area contributed by atoms with Gasteiger partial charge in [0.1, 0.15) is 4.60 Å². The van der Waals surface area contributed by atoms with Crippen molar-refractivity contribution < 1.29 is 28.6 Å². The maximum absolute atomic E-state index is 12.3. The molecule has 1 N–H and O–H groups in total. The first-order valence-electron chi connectivity index (χ1n) is 7.48. The molecular weight excluding hydrogens is 396 g/mol. The van der Waals surface area contributed by atoms with Gasteiger partial charge in [-0.2, -0.15) is 0 Å². The second kappa shape index (κ2) is 7.38. The summed E-state index contributed by atoms with van der Waals surface area (Å²) in [6, 6.07) is 0. The van der Waals surface area contributed by atoms with Crippen LogP contribution < -0.4 is 10.1 Å². The Bertz CT molecular complexity index is 718. The Kier molecular flexibility index (Phi) is 5.66. The fourth-order valence-electron chi connectivity index (χ4n) is 2.91. The number of rotatable bonds is 5. The summed E-state index contributed by atoms with van der Waals surface area (Å²) in [6.07, 6.45) is 0.233. The number of pyridine rings is 1. The average molecular weight is 415 g/mol. The molecule has 0 saturated carbocycles. The Hall–Kier alpha value is -2.16. The summed E-state index contributed by atoms with van der Waals surface area (Å²) in [5, 5.41) is 2.45. The molecule has 1 amide bonds. The number of amides is 1. The molecule has 2 rings (SSSR count). The van der Waals surface area contributed by atoms with Crippen LogP contribution in [0.25, 0.3) is 0 Å². The standard InChI is InChI=1S/C16H19BrN2O6/c1-8-9-5-16(14(21)23-3,15(22)24-4)6-10(9)12(17)19-13(8)25-7-11(20)18-2/h5-7H2,1-4H3,(H,18,20). The van der Waals surface area contributed by atoms with Gasteiger partial charge in [-0.1, -0.05) is 0 Å². The van der Waals surface area contributed by atoms with Gasteiger partial charge in [-0.3, -0.25) is 14.4 Å². The van der Waals surface area contributed by atoms with E-state index >= 15 is 0 Å². The molecule has 0 aliphatic heterocycles. The number of nitrogens with zero attached hydrogens (tertiary/aromatic N) is 1. The number of carbonyl (C=O) groups is 3. The lowest BCUT2D eigenvalue weighted by Gasteiger charge is -2.22. The molecule has 0 unspecified atom stereocenters. The van der Waals surface area contributed by atoms with Crippen LogP contribution >= 0.6 is 15.9 Å². The number of hydrogen-bond acceptors (Lipinski definition) is 7. The van der Waals surface area contributed by atoms with Crippen molar-refractivity contribution in [2.45, 2.75) is 19.8 Å². The predicted molar refractivity (Wildman–Crippen MR) is 90.1 cm³/mol. The minimum absolute atomic E-state index is 0.116. The maximum Gasteiger partial charge on any atom is 0.323 e. The van der Waals surface area contributed by atoms with E-state index in [0.29, 0.717) is 10.2 Å². The summed E-state index contributed by atoms with van der Waals surface area (Å²) in [5.74, 6) is -1.35. The highest BCUT2D eigenvalue weighted by Crippen LogP contribution is 2.44. The Morgan fingerprint density at radius 3 is 2.24 bits per heavy atom. The van der Waals surface area contributed by atoms with Gasteiger partial charge in [0.25, 0.3) is 5.91 Å². The number of carbonyl (C=O) groups excluding carboxylic acids is 3. The lowest BCUT2D eigenvalue weighted by Crippen LogP contribution is -2.42. The van der Waals surface area contributed by atoms with Gasteiger partial charge in [-0.15, -0.1) is 0 Å². The van der Waals surface area contributed by atoms with Crippen LogP contribution in [0.5, 0.6) is 5.88 Å². The fraction of sp³-hybridized carbons (Fsp3) is 0.500. The molecule has 0 bridgehead atoms. The Morgan fingerprint density at radius 1 is 1.16 bits per heavy atom. The normalized spacial score (nSPS) is 14.4. The first-order valence-corrected chi connectivity index (χ1v) is 8.28. The van der Waals surface area contributed by atoms with Gasteiger partial charge in [0.05, 0.1) is 14.2 Å². The van der Waals surface area contributed by atoms with Gasteiger partial charge in [-0.05, 0) is 34.0 Å². The minimum atomic E-state index is -1.44. The van der Waals surface area contributed by atoms with Crippen molar-refractivity contribution in [2.75, 3.05) is 27.9 Å². The molecular formula is C16H19BrN2O6. The van der Waals surface area contributed by atoms with Gasteiger partial charge in [0, 0.05) is 25.5 Å². The number of fused-ring (bicyclic) bond motifs is 1. The summed E-state index contributed by atoms with van der Waals surface area (Å²) in [6.45, 7) is 1.58. The zero-order valence-corrected chi connectivity index (χ0v) is 16.0. The van der Waals surface area contributed by atoms with E-state index in [1.54, 1.807) is 6.92 Å². The van der Waals surface area contributed by atoms with Gasteiger partial charge < -0.3 is 19.5 Å². The zero-order chi connectivity index (χ0) is 18.8. The van der Waals surface area contributed by atoms with Crippen molar-refractivity contribution in [1.29, 1.82) is 0 Å². The van der Waals surface area contributed by atoms with E-state index in [4.69, 9.17) is 14.2 Å². The summed E-state index contributed by atoms with van der Waals surface area (Å²) in [7, 11) is 3.97. The molecule has 25 heavy (non-hydrogen) atoms. The molecule has 1 heterocycles. The highest BCUT2D eigenvalue weighted by molar-refractivity contribution is 9.10. The van der Waals surface area contributed by atoms with Gasteiger partial charge in [0.2, 0.25) is 5.88 Å². The Morgan fingerprint density at radius 2 is 1.72 bits per heavy atom. The number of hydrogen-bond donors (Lipinski definition) is 1. The number of methoxy groups -OCH3 is 2. The Balaban J connectivity index is 2.44. The second-order valence-corrected chi connectivity index (χ2v) is 6.42. The monoisotopic (exact) mass is 414 g/mol. The molecule has 136 valence electrons. The van der Waals surface area contributed by atoms with E-state index in [9.17, 15) is 14.4 Å². The van der Waals surface area contributed by atoms with Crippen LogP contribution in [0.2, 0.25) is 0 Å². The molecule has 1 aromatic heterocycles. The number of likely N-dealkylation sites (N-methyl/N-ethyl adjacent to an activating group) is 1. The molecule has 8 nitrogen and oxygen atoms in total. The van der Waals surface area contributed by atoms with E-state index in [0.717, 1.165) is 11.1 Å². The van der Waals surface area contributed by atoms with E-state index in [1.807, 2.05) is 0 Å². The lowest BCUT2D eigenvalue weighted by atomic mass is 9.84. The van der Waals surface area contributed by atoms with Crippen LogP contribution in [0.4, 0.5) is 0 Å². The van der Waals surface area contributed by atoms with Crippen LogP contribution in [0.15, 0.2) is 4.60 Å². The van der Waals surface area contributed by atoms with E-state index in [1.165, 1.54) is 21.3 Å². The molecule has 0 saturated heterocycles. The van der Waals surface area contributed by atoms with E-state index in [2.05, 4.69) is 26.2 Å². The number of halogens is 1. The van der Waals surface area contributed by atoms with Crippen LogP contribution in [0.1, 0.15) is 16.7 Å². The van der Waals surface area contributed by atoms with Gasteiger partial charge in [-0.25, -0.2) is 4.98 Å². The smallest absolute Gasteiger partial charge is 0.323 e. The minimum Gasteiger partial charge on any atom is -0.468 e. The maximum atomic E-state index is 12.3. The van der Waals surface area contributed by atoms with Crippen molar-refractivity contribution in [3.8, 4) is 5.88 Å². The Labute approximate surface area is 153 Å². The first-order chi connectivity index (χ1) is 11.8. The van der Waals surface area contributed by atoms with E-state index < -0.39 is 17.4 Å². The molecule has 0 aromatic carbocycles. The summed E-state index contributed by atoms with van der Waals surface area (Å²) in [5.41, 5.74) is 0.696. The van der Waals surface area contributed by atoms with Crippen LogP contribution in [0, 0.1) is 12.3 Å². The van der Waals surface area contributed by atoms with Gasteiger partial charge >= 0.3 is 11.9 Å². The van der Waals surface area contributed by atoms with Crippen molar-refractivity contribution in [1.82, 2.24) is 10.3 Å². The zero-order valence-electron chi connectivity index (χ0n) is 14.4. The highest BCUT2D eigenvalue weighted by Gasteiger charge is 2.54. The molecule has 0 fully saturated rings. The van der Waals surface area contributed by atoms with Crippen molar-refractivity contribution in [2.24, 2.45) is 5.41 Å². The van der Waals surface area contributed by atoms with E-state index in [-0.39, 0.29) is 31.2 Å². The molecule has 0 spiro atoms. The predicted octanol–water partition coefficient (Wildman–Crippen LogP) is 0.708. The average Bonchev–Trinajstić information content (AvgIpc) is 3.04. The third kappa shape index (κ3) is 3.33. The van der Waals surface area contributed by atoms with Crippen LogP contribution in [-0.4, -0.2) is 50.7 Å². The third-order valence-corrected chi connectivity index (χ3v) is 4.97.